The van der Waals surface area contributed by atoms with Crippen molar-refractivity contribution >= 4 is 0 Å². The molecule has 5 nitrogen and oxygen atoms in total. The average Bonchev–Trinajstić information content (AvgIpc) is 2.39. The third-order valence-electron chi connectivity index (χ3n) is 4.09. The lowest BCUT2D eigenvalue weighted by Crippen LogP contribution is -2.48. The molecule has 1 aliphatic rings. The van der Waals surface area contributed by atoms with E-state index in [0.717, 1.165) is 45.7 Å². The highest BCUT2D eigenvalue weighted by atomic mass is 16.5. The molecule has 1 rings (SSSR count). The average molecular weight is 302 g/mol. The van der Waals surface area contributed by atoms with Crippen LogP contribution in [0, 0.1) is 11.3 Å². The zero-order valence-electron chi connectivity index (χ0n) is 14.2. The lowest BCUT2D eigenvalue weighted by Gasteiger charge is -2.41. The Balaban J connectivity index is 2.48. The lowest BCUT2D eigenvalue weighted by molar-refractivity contribution is -0.0131. The van der Waals surface area contributed by atoms with Crippen LogP contribution in [0.3, 0.4) is 0 Å². The van der Waals surface area contributed by atoms with Crippen LogP contribution < -0.4 is 5.32 Å². The van der Waals surface area contributed by atoms with Crippen LogP contribution in [-0.4, -0.2) is 76.3 Å². The van der Waals surface area contributed by atoms with Crippen LogP contribution in [0.4, 0.5) is 0 Å². The summed E-state index contributed by atoms with van der Waals surface area (Å²) in [5.74, 6) is 0.670. The van der Waals surface area contributed by atoms with Crippen LogP contribution in [0.5, 0.6) is 0 Å². The number of hydrogen-bond acceptors (Lipinski definition) is 5. The Bertz CT molecular complexity index is 268. The van der Waals surface area contributed by atoms with Crippen LogP contribution in [0.2, 0.25) is 0 Å². The molecule has 0 amide bonds. The standard InChI is InChI=1S/C16H34N2O3/c1-14(2)9-17-12-16(5-7-21-8-6-16)13-18(3)10-15(19)11-20-4/h14-15,17,19H,5-13H2,1-4H3. The number of hydrogen-bond donors (Lipinski definition) is 2. The summed E-state index contributed by atoms with van der Waals surface area (Å²) >= 11 is 0. The fraction of sp³-hybridized carbons (Fsp3) is 1.00. The van der Waals surface area contributed by atoms with E-state index >= 15 is 0 Å². The molecule has 0 aromatic heterocycles. The molecule has 0 bridgehead atoms. The van der Waals surface area contributed by atoms with E-state index in [4.69, 9.17) is 9.47 Å². The van der Waals surface area contributed by atoms with Crippen LogP contribution in [0.25, 0.3) is 0 Å². The maximum Gasteiger partial charge on any atom is 0.0899 e. The molecule has 1 unspecified atom stereocenters. The smallest absolute Gasteiger partial charge is 0.0899 e. The Labute approximate surface area is 130 Å². The first-order chi connectivity index (χ1) is 9.97. The summed E-state index contributed by atoms with van der Waals surface area (Å²) < 4.78 is 10.5. The Morgan fingerprint density at radius 1 is 1.33 bits per heavy atom. The first-order valence-electron chi connectivity index (χ1n) is 8.11. The fourth-order valence-corrected chi connectivity index (χ4v) is 3.06. The molecule has 0 spiro atoms. The summed E-state index contributed by atoms with van der Waals surface area (Å²) in [5.41, 5.74) is 0.259. The number of rotatable bonds is 10. The SMILES string of the molecule is COCC(O)CN(C)CC1(CNCC(C)C)CCOCC1. The number of aliphatic hydroxyl groups is 1. The molecule has 0 aromatic carbocycles. The number of nitrogens with zero attached hydrogens (tertiary/aromatic N) is 1. The van der Waals surface area contributed by atoms with Crippen molar-refractivity contribution in [2.75, 3.05) is 60.2 Å². The highest BCUT2D eigenvalue weighted by Crippen LogP contribution is 2.30. The van der Waals surface area contributed by atoms with Gasteiger partial charge in [0.2, 0.25) is 0 Å². The van der Waals surface area contributed by atoms with E-state index in [1.807, 2.05) is 0 Å². The van der Waals surface area contributed by atoms with Gasteiger partial charge in [-0.3, -0.25) is 0 Å². The predicted molar refractivity (Wildman–Crippen MR) is 85.6 cm³/mol. The second-order valence-electron chi connectivity index (χ2n) is 6.94. The molecule has 0 aliphatic carbocycles. The van der Waals surface area contributed by atoms with Gasteiger partial charge in [-0.2, -0.15) is 0 Å². The normalized spacial score (nSPS) is 20.1. The van der Waals surface area contributed by atoms with Crippen molar-refractivity contribution < 1.29 is 14.6 Å². The molecule has 1 fully saturated rings. The number of methoxy groups -OCH3 is 1. The second-order valence-corrected chi connectivity index (χ2v) is 6.94. The van der Waals surface area contributed by atoms with Gasteiger partial charge < -0.3 is 24.8 Å². The van der Waals surface area contributed by atoms with Gasteiger partial charge >= 0.3 is 0 Å². The van der Waals surface area contributed by atoms with E-state index in [-0.39, 0.29) is 5.41 Å². The van der Waals surface area contributed by atoms with Crippen LogP contribution >= 0.6 is 0 Å². The number of likely N-dealkylation sites (N-methyl/N-ethyl adjacent to an activating group) is 1. The van der Waals surface area contributed by atoms with Crippen LogP contribution in [0.1, 0.15) is 26.7 Å². The molecule has 126 valence electrons. The van der Waals surface area contributed by atoms with Crippen molar-refractivity contribution in [2.45, 2.75) is 32.8 Å². The van der Waals surface area contributed by atoms with Crippen molar-refractivity contribution in [3.8, 4) is 0 Å². The Hall–Kier alpha value is -0.200. The largest absolute Gasteiger partial charge is 0.389 e. The summed E-state index contributed by atoms with van der Waals surface area (Å²) in [6.45, 7) is 10.3. The molecule has 21 heavy (non-hydrogen) atoms. The van der Waals surface area contributed by atoms with Gasteiger partial charge in [-0.15, -0.1) is 0 Å². The molecule has 1 atom stereocenters. The van der Waals surface area contributed by atoms with Gasteiger partial charge in [-0.05, 0) is 37.8 Å². The van der Waals surface area contributed by atoms with Gasteiger partial charge in [-0.1, -0.05) is 13.8 Å². The number of nitrogens with one attached hydrogen (secondary N) is 1. The first kappa shape index (κ1) is 18.8. The van der Waals surface area contributed by atoms with Gasteiger partial charge in [0.1, 0.15) is 0 Å². The lowest BCUT2D eigenvalue weighted by atomic mass is 9.79. The maximum absolute atomic E-state index is 9.87. The third-order valence-corrected chi connectivity index (χ3v) is 4.09. The molecule has 1 saturated heterocycles. The fourth-order valence-electron chi connectivity index (χ4n) is 3.06. The van der Waals surface area contributed by atoms with E-state index in [2.05, 4.69) is 31.1 Å². The Morgan fingerprint density at radius 3 is 2.57 bits per heavy atom. The van der Waals surface area contributed by atoms with Gasteiger partial charge in [0, 0.05) is 40.0 Å². The molecule has 5 heteroatoms. The molecular weight excluding hydrogens is 268 g/mol. The van der Waals surface area contributed by atoms with E-state index in [0.29, 0.717) is 19.1 Å². The maximum atomic E-state index is 9.87. The highest BCUT2D eigenvalue weighted by Gasteiger charge is 2.33. The van der Waals surface area contributed by atoms with Crippen molar-refractivity contribution in [1.82, 2.24) is 10.2 Å². The van der Waals surface area contributed by atoms with Crippen LogP contribution in [-0.2, 0) is 9.47 Å². The monoisotopic (exact) mass is 302 g/mol. The van der Waals surface area contributed by atoms with E-state index in [1.54, 1.807) is 7.11 Å². The van der Waals surface area contributed by atoms with Crippen molar-refractivity contribution in [3.05, 3.63) is 0 Å². The molecule has 1 aliphatic heterocycles. The minimum absolute atomic E-state index is 0.259. The quantitative estimate of drug-likeness (QED) is 0.630. The van der Waals surface area contributed by atoms with Gasteiger partial charge in [-0.25, -0.2) is 0 Å². The van der Waals surface area contributed by atoms with Gasteiger partial charge in [0.25, 0.3) is 0 Å². The van der Waals surface area contributed by atoms with Crippen molar-refractivity contribution in [2.24, 2.45) is 11.3 Å². The minimum Gasteiger partial charge on any atom is -0.389 e. The zero-order chi connectivity index (χ0) is 15.7. The molecule has 0 aromatic rings. The highest BCUT2D eigenvalue weighted by molar-refractivity contribution is 4.87. The van der Waals surface area contributed by atoms with E-state index < -0.39 is 6.10 Å². The molecule has 0 radical (unpaired) electrons. The van der Waals surface area contributed by atoms with Crippen molar-refractivity contribution in [1.29, 1.82) is 0 Å². The van der Waals surface area contributed by atoms with E-state index in [9.17, 15) is 5.11 Å². The molecule has 0 saturated carbocycles. The molecular formula is C16H34N2O3. The van der Waals surface area contributed by atoms with Crippen LogP contribution in [0.15, 0.2) is 0 Å². The zero-order valence-corrected chi connectivity index (χ0v) is 14.2. The summed E-state index contributed by atoms with van der Waals surface area (Å²) in [4.78, 5) is 2.23. The Kier molecular flexibility index (Phi) is 8.74. The first-order valence-corrected chi connectivity index (χ1v) is 8.11. The molecule has 2 N–H and O–H groups in total. The Morgan fingerprint density at radius 2 is 2.00 bits per heavy atom. The minimum atomic E-state index is -0.416. The number of ether oxygens (including phenoxy) is 2. The summed E-state index contributed by atoms with van der Waals surface area (Å²) in [7, 11) is 3.71. The number of aliphatic hydroxyl groups excluding tert-OH is 1. The van der Waals surface area contributed by atoms with Gasteiger partial charge in [0.05, 0.1) is 12.7 Å². The molecule has 1 heterocycles. The van der Waals surface area contributed by atoms with E-state index in [1.165, 1.54) is 0 Å². The third kappa shape index (κ3) is 7.56. The topological polar surface area (TPSA) is 54.0 Å². The summed E-state index contributed by atoms with van der Waals surface area (Å²) in [5, 5.41) is 13.5. The van der Waals surface area contributed by atoms with Gasteiger partial charge in [0.15, 0.2) is 0 Å². The summed E-state index contributed by atoms with van der Waals surface area (Å²) in [6, 6.07) is 0. The summed E-state index contributed by atoms with van der Waals surface area (Å²) in [6.07, 6.45) is 1.76. The predicted octanol–water partition coefficient (Wildman–Crippen LogP) is 0.968. The van der Waals surface area contributed by atoms with Crippen molar-refractivity contribution in [3.63, 3.8) is 0 Å². The second kappa shape index (κ2) is 9.74.